The van der Waals surface area contributed by atoms with Crippen molar-refractivity contribution in [2.24, 2.45) is 0 Å². The van der Waals surface area contributed by atoms with Crippen LogP contribution in [0.3, 0.4) is 0 Å². The quantitative estimate of drug-likeness (QED) is 0.811. The first-order valence-corrected chi connectivity index (χ1v) is 10.8. The van der Waals surface area contributed by atoms with Gasteiger partial charge in [0.25, 0.3) is 0 Å². The van der Waals surface area contributed by atoms with Gasteiger partial charge in [0, 0.05) is 16.8 Å². The van der Waals surface area contributed by atoms with Crippen molar-refractivity contribution in [2.75, 3.05) is 29.6 Å². The summed E-state index contributed by atoms with van der Waals surface area (Å²) in [6.07, 6.45) is 1.16. The number of nitrogens with zero attached hydrogens (tertiary/aromatic N) is 1. The molecule has 1 amide bonds. The van der Waals surface area contributed by atoms with Crippen LogP contribution in [-0.4, -0.2) is 57.4 Å². The first-order chi connectivity index (χ1) is 10.6. The van der Waals surface area contributed by atoms with Gasteiger partial charge in [-0.25, -0.2) is 16.8 Å². The number of sulfonamides is 1. The number of hydrogen-bond donors (Lipinski definition) is 1. The monoisotopic (exact) mass is 380 g/mol. The summed E-state index contributed by atoms with van der Waals surface area (Å²) < 4.78 is 47.8. The summed E-state index contributed by atoms with van der Waals surface area (Å²) in [6, 6.07) is 5.66. The van der Waals surface area contributed by atoms with Crippen molar-refractivity contribution >= 4 is 43.1 Å². The van der Waals surface area contributed by atoms with Gasteiger partial charge in [-0.1, -0.05) is 11.6 Å². The Kier molecular flexibility index (Phi) is 5.34. The summed E-state index contributed by atoms with van der Waals surface area (Å²) in [4.78, 5) is 12.1. The lowest BCUT2D eigenvalue weighted by Gasteiger charge is -2.24. The van der Waals surface area contributed by atoms with Gasteiger partial charge in [-0.05, 0) is 30.7 Å². The van der Waals surface area contributed by atoms with E-state index in [0.717, 1.165) is 10.6 Å². The minimum Gasteiger partial charge on any atom is -0.325 e. The number of carbonyl (C=O) groups excluding carboxylic acids is 1. The second kappa shape index (κ2) is 6.76. The van der Waals surface area contributed by atoms with Crippen molar-refractivity contribution in [3.63, 3.8) is 0 Å². The smallest absolute Gasteiger partial charge is 0.239 e. The van der Waals surface area contributed by atoms with E-state index in [2.05, 4.69) is 5.32 Å². The van der Waals surface area contributed by atoms with E-state index in [1.54, 1.807) is 24.3 Å². The molecule has 0 saturated carbocycles. The largest absolute Gasteiger partial charge is 0.325 e. The van der Waals surface area contributed by atoms with Crippen LogP contribution in [0.4, 0.5) is 5.69 Å². The molecule has 1 N–H and O–H groups in total. The number of nitrogens with one attached hydrogen (secondary N) is 1. The van der Waals surface area contributed by atoms with Gasteiger partial charge in [-0.15, -0.1) is 0 Å². The lowest BCUT2D eigenvalue weighted by Crippen LogP contribution is -2.44. The molecular weight excluding hydrogens is 364 g/mol. The van der Waals surface area contributed by atoms with Gasteiger partial charge < -0.3 is 5.32 Å². The maximum atomic E-state index is 12.1. The second-order valence-electron chi connectivity index (χ2n) is 5.42. The molecule has 2 rings (SSSR count). The van der Waals surface area contributed by atoms with Crippen LogP contribution in [0.25, 0.3) is 0 Å². The van der Waals surface area contributed by atoms with Gasteiger partial charge in [0.2, 0.25) is 15.9 Å². The summed E-state index contributed by atoms with van der Waals surface area (Å²) in [7, 11) is -6.96. The molecule has 0 radical (unpaired) electrons. The van der Waals surface area contributed by atoms with E-state index >= 15 is 0 Å². The van der Waals surface area contributed by atoms with Gasteiger partial charge in [-0.3, -0.25) is 4.79 Å². The molecule has 10 heteroatoms. The Bertz CT molecular complexity index is 790. The van der Waals surface area contributed by atoms with Crippen molar-refractivity contribution in [3.8, 4) is 0 Å². The molecule has 1 unspecified atom stereocenters. The Labute approximate surface area is 140 Å². The Hall–Kier alpha value is -1.16. The van der Waals surface area contributed by atoms with Crippen molar-refractivity contribution in [1.29, 1.82) is 0 Å². The third-order valence-corrected chi connectivity index (χ3v) is 6.75. The maximum absolute atomic E-state index is 12.1. The van der Waals surface area contributed by atoms with E-state index in [-0.39, 0.29) is 17.9 Å². The number of hydrogen-bond acceptors (Lipinski definition) is 5. The number of anilines is 1. The predicted octanol–water partition coefficient (Wildman–Crippen LogP) is 0.727. The van der Waals surface area contributed by atoms with Gasteiger partial charge >= 0.3 is 0 Å². The van der Waals surface area contributed by atoms with E-state index in [1.807, 2.05) is 0 Å². The summed E-state index contributed by atoms with van der Waals surface area (Å²) in [5, 5.41) is 3.07. The highest BCUT2D eigenvalue weighted by atomic mass is 35.5. The van der Waals surface area contributed by atoms with Crippen LogP contribution < -0.4 is 5.32 Å². The fourth-order valence-corrected chi connectivity index (χ4v) is 5.42. The number of carbonyl (C=O) groups is 1. The predicted molar refractivity (Wildman–Crippen MR) is 88.7 cm³/mol. The first-order valence-electron chi connectivity index (χ1n) is 6.79. The average molecular weight is 381 g/mol. The lowest BCUT2D eigenvalue weighted by atomic mass is 10.2. The summed E-state index contributed by atoms with van der Waals surface area (Å²) in [5.74, 6) is -0.862. The zero-order chi connectivity index (χ0) is 17.3. The Morgan fingerprint density at radius 1 is 1.35 bits per heavy atom. The van der Waals surface area contributed by atoms with Crippen molar-refractivity contribution < 1.29 is 21.6 Å². The van der Waals surface area contributed by atoms with Gasteiger partial charge in [0.1, 0.15) is 0 Å². The van der Waals surface area contributed by atoms with E-state index < -0.39 is 38.4 Å². The van der Waals surface area contributed by atoms with E-state index in [9.17, 15) is 21.6 Å². The molecule has 23 heavy (non-hydrogen) atoms. The van der Waals surface area contributed by atoms with Crippen LogP contribution in [-0.2, 0) is 24.7 Å². The molecule has 1 fully saturated rings. The van der Waals surface area contributed by atoms with E-state index in [0.29, 0.717) is 10.7 Å². The second-order valence-corrected chi connectivity index (χ2v) is 10.0. The fraction of sp³-hybridized carbons (Fsp3) is 0.462. The Morgan fingerprint density at radius 2 is 1.96 bits per heavy atom. The van der Waals surface area contributed by atoms with Gasteiger partial charge in [0.15, 0.2) is 9.84 Å². The van der Waals surface area contributed by atoms with Crippen LogP contribution in [0.1, 0.15) is 6.42 Å². The highest BCUT2D eigenvalue weighted by molar-refractivity contribution is 7.92. The minimum atomic E-state index is -3.71. The number of rotatable bonds is 5. The van der Waals surface area contributed by atoms with E-state index in [1.165, 1.54) is 0 Å². The molecular formula is C13H17ClN2O5S2. The highest BCUT2D eigenvalue weighted by Crippen LogP contribution is 2.20. The standard InChI is InChI=1S/C13H17ClN2O5S2/c1-22(18,19)16(12-6-7-23(20,21)9-12)8-13(17)15-11-4-2-10(14)3-5-11/h2-5,12H,6-9H2,1H3,(H,15,17). The summed E-state index contributed by atoms with van der Waals surface area (Å²) >= 11 is 5.75. The molecule has 1 aliphatic rings. The summed E-state index contributed by atoms with van der Waals surface area (Å²) in [6.45, 7) is -0.429. The number of benzene rings is 1. The third-order valence-electron chi connectivity index (χ3n) is 3.47. The molecule has 7 nitrogen and oxygen atoms in total. The van der Waals surface area contributed by atoms with Crippen molar-refractivity contribution in [3.05, 3.63) is 29.3 Å². The zero-order valence-corrected chi connectivity index (χ0v) is 14.8. The highest BCUT2D eigenvalue weighted by Gasteiger charge is 2.37. The molecule has 1 aromatic rings. The molecule has 1 saturated heterocycles. The first kappa shape index (κ1) is 18.2. The van der Waals surface area contributed by atoms with Crippen LogP contribution in [0, 0.1) is 0 Å². The molecule has 0 spiro atoms. The van der Waals surface area contributed by atoms with Crippen molar-refractivity contribution in [2.45, 2.75) is 12.5 Å². The van der Waals surface area contributed by atoms with Crippen LogP contribution in [0.2, 0.25) is 5.02 Å². The number of halogens is 1. The lowest BCUT2D eigenvalue weighted by molar-refractivity contribution is -0.116. The average Bonchev–Trinajstić information content (AvgIpc) is 2.77. The van der Waals surface area contributed by atoms with Crippen molar-refractivity contribution in [1.82, 2.24) is 4.31 Å². The third kappa shape index (κ3) is 5.17. The minimum absolute atomic E-state index is 0.0670. The molecule has 0 aliphatic carbocycles. The van der Waals surface area contributed by atoms with Gasteiger partial charge in [-0.2, -0.15) is 4.31 Å². The Morgan fingerprint density at radius 3 is 2.43 bits per heavy atom. The SMILES string of the molecule is CS(=O)(=O)N(CC(=O)Nc1ccc(Cl)cc1)C1CCS(=O)(=O)C1. The zero-order valence-electron chi connectivity index (χ0n) is 12.4. The molecule has 1 aromatic carbocycles. The molecule has 128 valence electrons. The maximum Gasteiger partial charge on any atom is 0.239 e. The number of sulfone groups is 1. The summed E-state index contributed by atoms with van der Waals surface area (Å²) in [5.41, 5.74) is 0.479. The fourth-order valence-electron chi connectivity index (χ4n) is 2.39. The molecule has 1 heterocycles. The van der Waals surface area contributed by atoms with Gasteiger partial charge in [0.05, 0.1) is 24.3 Å². The van der Waals surface area contributed by atoms with Crippen LogP contribution >= 0.6 is 11.6 Å². The molecule has 0 bridgehead atoms. The Balaban J connectivity index is 2.09. The van der Waals surface area contributed by atoms with Crippen LogP contribution in [0.15, 0.2) is 24.3 Å². The topological polar surface area (TPSA) is 101 Å². The molecule has 1 aliphatic heterocycles. The molecule has 1 atom stereocenters. The normalized spacial score (nSPS) is 20.6. The number of amides is 1. The van der Waals surface area contributed by atoms with E-state index in [4.69, 9.17) is 11.6 Å². The molecule has 0 aromatic heterocycles. The van der Waals surface area contributed by atoms with Crippen LogP contribution in [0.5, 0.6) is 0 Å².